The molecular formula is C15H16O3. The average Bonchev–Trinajstić information content (AvgIpc) is 2.38. The Balaban J connectivity index is 2.22. The monoisotopic (exact) mass is 244 g/mol. The third kappa shape index (κ3) is 2.80. The minimum absolute atomic E-state index is 0.516. The van der Waals surface area contributed by atoms with Crippen LogP contribution in [0.5, 0.6) is 5.75 Å². The summed E-state index contributed by atoms with van der Waals surface area (Å²) in [5, 5.41) is 11.2. The largest absolute Gasteiger partial charge is 0.479 e. The molecule has 0 aliphatic rings. The highest BCUT2D eigenvalue weighted by atomic mass is 16.5. The van der Waals surface area contributed by atoms with E-state index in [2.05, 4.69) is 0 Å². The number of carboxylic acids is 1. The van der Waals surface area contributed by atoms with Crippen molar-refractivity contribution in [1.82, 2.24) is 0 Å². The second-order valence-electron chi connectivity index (χ2n) is 4.24. The SMILES string of the molecule is CCC[C@H](Oc1ccc2ccccc2c1)C(=O)O. The quantitative estimate of drug-likeness (QED) is 0.876. The Bertz CT molecular complexity index is 548. The lowest BCUT2D eigenvalue weighted by atomic mass is 10.1. The van der Waals surface area contributed by atoms with Crippen LogP contribution in [0.15, 0.2) is 42.5 Å². The number of carbonyl (C=O) groups is 1. The molecule has 1 N–H and O–H groups in total. The molecule has 0 fully saturated rings. The smallest absolute Gasteiger partial charge is 0.344 e. The van der Waals surface area contributed by atoms with Gasteiger partial charge in [0.1, 0.15) is 5.75 Å². The Morgan fingerprint density at radius 3 is 2.61 bits per heavy atom. The fraction of sp³-hybridized carbons (Fsp3) is 0.267. The van der Waals surface area contributed by atoms with Crippen molar-refractivity contribution < 1.29 is 14.6 Å². The second-order valence-corrected chi connectivity index (χ2v) is 4.24. The molecule has 18 heavy (non-hydrogen) atoms. The summed E-state index contributed by atoms with van der Waals surface area (Å²) in [6.45, 7) is 1.94. The molecule has 2 rings (SSSR count). The summed E-state index contributed by atoms with van der Waals surface area (Å²) in [7, 11) is 0. The van der Waals surface area contributed by atoms with Crippen molar-refractivity contribution in [3.05, 3.63) is 42.5 Å². The molecule has 0 heterocycles. The molecule has 2 aromatic rings. The molecule has 0 aromatic heterocycles. The van der Waals surface area contributed by atoms with Crippen LogP contribution in [0.1, 0.15) is 19.8 Å². The van der Waals surface area contributed by atoms with Crippen LogP contribution in [-0.4, -0.2) is 17.2 Å². The van der Waals surface area contributed by atoms with Gasteiger partial charge in [0.25, 0.3) is 0 Å². The van der Waals surface area contributed by atoms with Crippen LogP contribution in [0.2, 0.25) is 0 Å². The Kier molecular flexibility index (Phi) is 3.82. The first kappa shape index (κ1) is 12.4. The van der Waals surface area contributed by atoms with Crippen molar-refractivity contribution in [2.75, 3.05) is 0 Å². The maximum absolute atomic E-state index is 11.0. The van der Waals surface area contributed by atoms with Gasteiger partial charge in [-0.1, -0.05) is 43.7 Å². The van der Waals surface area contributed by atoms with E-state index < -0.39 is 12.1 Å². The van der Waals surface area contributed by atoms with Gasteiger partial charge in [0, 0.05) is 0 Å². The van der Waals surface area contributed by atoms with Gasteiger partial charge < -0.3 is 9.84 Å². The number of carboxylic acid groups (broad SMARTS) is 1. The van der Waals surface area contributed by atoms with Crippen molar-refractivity contribution in [2.45, 2.75) is 25.9 Å². The summed E-state index contributed by atoms with van der Waals surface area (Å²) in [5.41, 5.74) is 0. The van der Waals surface area contributed by atoms with Crippen LogP contribution in [-0.2, 0) is 4.79 Å². The third-order valence-electron chi connectivity index (χ3n) is 2.83. The van der Waals surface area contributed by atoms with Crippen LogP contribution in [0.4, 0.5) is 0 Å². The molecule has 0 saturated carbocycles. The van der Waals surface area contributed by atoms with Gasteiger partial charge in [-0.2, -0.15) is 0 Å². The van der Waals surface area contributed by atoms with E-state index >= 15 is 0 Å². The Morgan fingerprint density at radius 2 is 1.94 bits per heavy atom. The Hall–Kier alpha value is -2.03. The fourth-order valence-electron chi connectivity index (χ4n) is 1.90. The molecular weight excluding hydrogens is 228 g/mol. The highest BCUT2D eigenvalue weighted by Crippen LogP contribution is 2.22. The number of aliphatic carboxylic acids is 1. The number of fused-ring (bicyclic) bond motifs is 1. The van der Waals surface area contributed by atoms with Crippen molar-refractivity contribution in [2.24, 2.45) is 0 Å². The second kappa shape index (κ2) is 5.54. The molecule has 3 nitrogen and oxygen atoms in total. The molecule has 0 saturated heterocycles. The lowest BCUT2D eigenvalue weighted by molar-refractivity contribution is -0.145. The van der Waals surface area contributed by atoms with Gasteiger partial charge in [0.2, 0.25) is 0 Å². The summed E-state index contributed by atoms with van der Waals surface area (Å²) < 4.78 is 5.52. The molecule has 0 radical (unpaired) electrons. The predicted octanol–water partition coefficient (Wildman–Crippen LogP) is 3.47. The highest BCUT2D eigenvalue weighted by molar-refractivity contribution is 5.83. The predicted molar refractivity (Wildman–Crippen MR) is 70.9 cm³/mol. The van der Waals surface area contributed by atoms with Gasteiger partial charge in [-0.25, -0.2) is 4.79 Å². The van der Waals surface area contributed by atoms with Gasteiger partial charge in [0.05, 0.1) is 0 Å². The zero-order chi connectivity index (χ0) is 13.0. The molecule has 3 heteroatoms. The van der Waals surface area contributed by atoms with E-state index in [1.54, 1.807) is 0 Å². The Labute approximate surface area is 106 Å². The van der Waals surface area contributed by atoms with Crippen LogP contribution in [0, 0.1) is 0 Å². The van der Waals surface area contributed by atoms with Crippen molar-refractivity contribution in [3.8, 4) is 5.75 Å². The molecule has 2 aromatic carbocycles. The van der Waals surface area contributed by atoms with Gasteiger partial charge in [-0.15, -0.1) is 0 Å². The van der Waals surface area contributed by atoms with E-state index in [0.717, 1.165) is 17.2 Å². The summed E-state index contributed by atoms with van der Waals surface area (Å²) in [4.78, 5) is 11.0. The van der Waals surface area contributed by atoms with Gasteiger partial charge in [0.15, 0.2) is 6.10 Å². The number of benzene rings is 2. The van der Waals surface area contributed by atoms with Gasteiger partial charge in [-0.05, 0) is 29.3 Å². The van der Waals surface area contributed by atoms with Gasteiger partial charge >= 0.3 is 5.97 Å². The van der Waals surface area contributed by atoms with E-state index in [1.807, 2.05) is 49.4 Å². The third-order valence-corrected chi connectivity index (χ3v) is 2.83. The molecule has 0 spiro atoms. The summed E-state index contributed by atoms with van der Waals surface area (Å²) >= 11 is 0. The average molecular weight is 244 g/mol. The lowest BCUT2D eigenvalue weighted by Gasteiger charge is -2.14. The Morgan fingerprint density at radius 1 is 1.22 bits per heavy atom. The standard InChI is InChI=1S/C15H16O3/c1-2-5-14(15(16)17)18-13-9-8-11-6-3-4-7-12(11)10-13/h3-4,6-10,14H,2,5H2,1H3,(H,16,17)/t14-/m0/s1. The number of ether oxygens (including phenoxy) is 1. The zero-order valence-corrected chi connectivity index (χ0v) is 10.3. The summed E-state index contributed by atoms with van der Waals surface area (Å²) in [5.74, 6) is -0.306. The normalized spacial score (nSPS) is 12.3. The molecule has 0 amide bonds. The van der Waals surface area contributed by atoms with Crippen LogP contribution in [0.3, 0.4) is 0 Å². The summed E-state index contributed by atoms with van der Waals surface area (Å²) in [6, 6.07) is 13.6. The minimum Gasteiger partial charge on any atom is -0.479 e. The van der Waals surface area contributed by atoms with E-state index in [9.17, 15) is 4.79 Å². The first-order chi connectivity index (χ1) is 8.70. The highest BCUT2D eigenvalue weighted by Gasteiger charge is 2.18. The van der Waals surface area contributed by atoms with Crippen LogP contribution >= 0.6 is 0 Å². The maximum atomic E-state index is 11.0. The molecule has 0 unspecified atom stereocenters. The molecule has 0 aliphatic heterocycles. The first-order valence-electron chi connectivity index (χ1n) is 6.09. The zero-order valence-electron chi connectivity index (χ0n) is 10.3. The number of hydrogen-bond donors (Lipinski definition) is 1. The van der Waals surface area contributed by atoms with E-state index in [4.69, 9.17) is 9.84 Å². The molecule has 0 aliphatic carbocycles. The first-order valence-corrected chi connectivity index (χ1v) is 6.09. The van der Waals surface area contributed by atoms with Crippen molar-refractivity contribution >= 4 is 16.7 Å². The topological polar surface area (TPSA) is 46.5 Å². The van der Waals surface area contributed by atoms with Crippen LogP contribution < -0.4 is 4.74 Å². The van der Waals surface area contributed by atoms with Crippen molar-refractivity contribution in [3.63, 3.8) is 0 Å². The summed E-state index contributed by atoms with van der Waals surface area (Å²) in [6.07, 6.45) is 0.531. The molecule has 94 valence electrons. The minimum atomic E-state index is -0.912. The lowest BCUT2D eigenvalue weighted by Crippen LogP contribution is -2.26. The number of rotatable bonds is 5. The fourth-order valence-corrected chi connectivity index (χ4v) is 1.90. The molecule has 0 bridgehead atoms. The van der Waals surface area contributed by atoms with E-state index in [0.29, 0.717) is 12.2 Å². The maximum Gasteiger partial charge on any atom is 0.344 e. The molecule has 1 atom stereocenters. The number of hydrogen-bond acceptors (Lipinski definition) is 2. The van der Waals surface area contributed by atoms with Gasteiger partial charge in [-0.3, -0.25) is 0 Å². The van der Waals surface area contributed by atoms with Crippen LogP contribution in [0.25, 0.3) is 10.8 Å². The van der Waals surface area contributed by atoms with E-state index in [-0.39, 0.29) is 0 Å². The van der Waals surface area contributed by atoms with Crippen molar-refractivity contribution in [1.29, 1.82) is 0 Å². The van der Waals surface area contributed by atoms with E-state index in [1.165, 1.54) is 0 Å².